The van der Waals surface area contributed by atoms with Crippen molar-refractivity contribution in [2.24, 2.45) is 0 Å². The van der Waals surface area contributed by atoms with Gasteiger partial charge in [-0.1, -0.05) is 30.3 Å². The van der Waals surface area contributed by atoms with E-state index in [-0.39, 0.29) is 23.9 Å². The molecule has 0 fully saturated rings. The number of aryl methyl sites for hydroxylation is 1. The lowest BCUT2D eigenvalue weighted by atomic mass is 9.94. The fraction of sp³-hybridized carbons (Fsp3) is 0.0714. The number of carbonyl (C=O) groups excluding carboxylic acids is 2. The molecule has 1 N–H and O–H groups in total. The van der Waals surface area contributed by atoms with Gasteiger partial charge in [-0.3, -0.25) is 14.5 Å². The summed E-state index contributed by atoms with van der Waals surface area (Å²) in [5.41, 5.74) is 4.01. The van der Waals surface area contributed by atoms with Crippen LogP contribution in [0.25, 0.3) is 11.1 Å². The minimum Gasteiger partial charge on any atom is -0.322 e. The summed E-state index contributed by atoms with van der Waals surface area (Å²) in [6, 6.07) is 19.8. The van der Waals surface area contributed by atoms with E-state index in [1.165, 1.54) is 41.3 Å². The Morgan fingerprint density at radius 2 is 1.60 bits per heavy atom. The molecule has 0 saturated carbocycles. The van der Waals surface area contributed by atoms with Gasteiger partial charge >= 0.3 is 0 Å². The molecule has 0 bridgehead atoms. The molecule has 4 aromatic rings. The van der Waals surface area contributed by atoms with Crippen LogP contribution < -0.4 is 10.2 Å². The maximum atomic E-state index is 14.5. The van der Waals surface area contributed by atoms with Crippen LogP contribution in [0.15, 0.2) is 78.9 Å². The Labute approximate surface area is 199 Å². The first-order chi connectivity index (χ1) is 16.8. The van der Waals surface area contributed by atoms with Crippen LogP contribution in [0, 0.1) is 24.4 Å². The monoisotopic (exact) mass is 472 g/mol. The van der Waals surface area contributed by atoms with Crippen LogP contribution in [0.2, 0.25) is 0 Å². The second-order valence-electron chi connectivity index (χ2n) is 8.27. The highest BCUT2D eigenvalue weighted by molar-refractivity contribution is 6.10. The largest absolute Gasteiger partial charge is 0.322 e. The van der Waals surface area contributed by atoms with E-state index in [1.54, 1.807) is 31.2 Å². The van der Waals surface area contributed by atoms with Crippen molar-refractivity contribution in [3.05, 3.63) is 113 Å². The van der Waals surface area contributed by atoms with E-state index in [4.69, 9.17) is 0 Å². The minimum atomic E-state index is -1.09. The molecule has 1 heterocycles. The van der Waals surface area contributed by atoms with Gasteiger partial charge in [0.1, 0.15) is 5.82 Å². The van der Waals surface area contributed by atoms with Gasteiger partial charge in [0.15, 0.2) is 11.6 Å². The van der Waals surface area contributed by atoms with E-state index < -0.39 is 17.5 Å². The number of hydrogen-bond donors (Lipinski definition) is 1. The molecule has 1 aliphatic rings. The number of anilines is 3. The molecule has 7 heteroatoms. The molecule has 1 aliphatic heterocycles. The zero-order valence-electron chi connectivity index (χ0n) is 18.6. The van der Waals surface area contributed by atoms with Gasteiger partial charge in [0.25, 0.3) is 5.91 Å². The van der Waals surface area contributed by atoms with Crippen molar-refractivity contribution in [2.75, 3.05) is 10.2 Å². The normalized spacial score (nSPS) is 12.6. The topological polar surface area (TPSA) is 49.4 Å². The molecule has 174 valence electrons. The van der Waals surface area contributed by atoms with Crippen LogP contribution in [0.5, 0.6) is 0 Å². The first-order valence-electron chi connectivity index (χ1n) is 10.9. The molecule has 0 radical (unpaired) electrons. The van der Waals surface area contributed by atoms with Gasteiger partial charge in [-0.25, -0.2) is 13.2 Å². The quantitative estimate of drug-likeness (QED) is 0.366. The number of carbonyl (C=O) groups is 2. The Balaban J connectivity index is 1.53. The first-order valence-corrected chi connectivity index (χ1v) is 10.9. The predicted octanol–water partition coefficient (Wildman–Crippen LogP) is 6.55. The molecule has 0 aliphatic carbocycles. The lowest BCUT2D eigenvalue weighted by Gasteiger charge is -2.19. The van der Waals surface area contributed by atoms with Crippen LogP contribution in [-0.4, -0.2) is 11.8 Å². The molecule has 4 aromatic carbocycles. The number of benzene rings is 4. The molecular weight excluding hydrogens is 453 g/mol. The Kier molecular flexibility index (Phi) is 5.61. The Bertz CT molecular complexity index is 1480. The summed E-state index contributed by atoms with van der Waals surface area (Å²) in [7, 11) is 0. The lowest BCUT2D eigenvalue weighted by molar-refractivity contribution is -0.116. The highest BCUT2D eigenvalue weighted by Crippen LogP contribution is 2.42. The Morgan fingerprint density at radius 3 is 2.37 bits per heavy atom. The summed E-state index contributed by atoms with van der Waals surface area (Å²) in [5, 5.41) is 2.76. The van der Waals surface area contributed by atoms with Gasteiger partial charge in [0, 0.05) is 11.3 Å². The minimum absolute atomic E-state index is 0.00639. The van der Waals surface area contributed by atoms with Crippen molar-refractivity contribution in [3.8, 4) is 11.1 Å². The van der Waals surface area contributed by atoms with E-state index in [0.717, 1.165) is 11.6 Å². The zero-order valence-corrected chi connectivity index (χ0v) is 18.6. The summed E-state index contributed by atoms with van der Waals surface area (Å²) in [6.07, 6.45) is 0.00639. The van der Waals surface area contributed by atoms with Gasteiger partial charge in [0.05, 0.1) is 17.8 Å². The van der Waals surface area contributed by atoms with Crippen LogP contribution in [0.3, 0.4) is 0 Å². The van der Waals surface area contributed by atoms with E-state index in [0.29, 0.717) is 33.6 Å². The molecule has 0 aromatic heterocycles. The number of amides is 2. The number of rotatable bonds is 4. The van der Waals surface area contributed by atoms with Crippen LogP contribution in [-0.2, 0) is 11.2 Å². The van der Waals surface area contributed by atoms with Crippen LogP contribution in [0.1, 0.15) is 21.5 Å². The van der Waals surface area contributed by atoms with Gasteiger partial charge < -0.3 is 5.32 Å². The number of hydrogen-bond acceptors (Lipinski definition) is 2. The number of halogens is 3. The standard InChI is InChI=1S/C28H19F3N2O2/c1-16-8-9-17(14-21(16)28(35)32-19-12-10-18(29)11-13-19)20-4-2-6-24-22(20)15-26(34)33(24)25-7-3-5-23(30)27(25)31/h2-14H,15H2,1H3,(H,32,35). The van der Waals surface area contributed by atoms with Crippen molar-refractivity contribution in [3.63, 3.8) is 0 Å². The van der Waals surface area contributed by atoms with Crippen molar-refractivity contribution in [1.29, 1.82) is 0 Å². The third-order valence-electron chi connectivity index (χ3n) is 6.04. The molecule has 0 spiro atoms. The highest BCUT2D eigenvalue weighted by atomic mass is 19.2. The number of nitrogens with one attached hydrogen (secondary N) is 1. The molecule has 2 amide bonds. The van der Waals surface area contributed by atoms with E-state index in [1.807, 2.05) is 12.1 Å². The maximum Gasteiger partial charge on any atom is 0.255 e. The predicted molar refractivity (Wildman–Crippen MR) is 128 cm³/mol. The highest BCUT2D eigenvalue weighted by Gasteiger charge is 2.33. The summed E-state index contributed by atoms with van der Waals surface area (Å²) < 4.78 is 41.5. The SMILES string of the molecule is Cc1ccc(-c2cccc3c2CC(=O)N3c2cccc(F)c2F)cc1C(=O)Nc1ccc(F)cc1. The number of fused-ring (bicyclic) bond motifs is 1. The van der Waals surface area contributed by atoms with Crippen molar-refractivity contribution in [1.82, 2.24) is 0 Å². The van der Waals surface area contributed by atoms with Gasteiger partial charge in [-0.15, -0.1) is 0 Å². The van der Waals surface area contributed by atoms with Crippen molar-refractivity contribution in [2.45, 2.75) is 13.3 Å². The molecule has 4 nitrogen and oxygen atoms in total. The van der Waals surface area contributed by atoms with E-state index in [9.17, 15) is 22.8 Å². The molecule has 0 atom stereocenters. The summed E-state index contributed by atoms with van der Waals surface area (Å²) in [5.74, 6) is -3.26. The number of nitrogens with zero attached hydrogens (tertiary/aromatic N) is 1. The van der Waals surface area contributed by atoms with Crippen LogP contribution >= 0.6 is 0 Å². The summed E-state index contributed by atoms with van der Waals surface area (Å²) in [6.45, 7) is 1.80. The second-order valence-corrected chi connectivity index (χ2v) is 8.27. The molecule has 0 unspecified atom stereocenters. The fourth-order valence-corrected chi connectivity index (χ4v) is 4.30. The smallest absolute Gasteiger partial charge is 0.255 e. The van der Waals surface area contributed by atoms with Crippen molar-refractivity contribution < 1.29 is 22.8 Å². The molecule has 5 rings (SSSR count). The lowest BCUT2D eigenvalue weighted by Crippen LogP contribution is -2.22. The maximum absolute atomic E-state index is 14.5. The van der Waals surface area contributed by atoms with Gasteiger partial charge in [0.2, 0.25) is 5.91 Å². The van der Waals surface area contributed by atoms with E-state index >= 15 is 0 Å². The second kappa shape index (κ2) is 8.76. The first kappa shape index (κ1) is 22.4. The van der Waals surface area contributed by atoms with Gasteiger partial charge in [-0.05, 0) is 77.7 Å². The summed E-state index contributed by atoms with van der Waals surface area (Å²) >= 11 is 0. The molecular formula is C28H19F3N2O2. The zero-order chi connectivity index (χ0) is 24.7. The van der Waals surface area contributed by atoms with E-state index in [2.05, 4.69) is 5.32 Å². The third-order valence-corrected chi connectivity index (χ3v) is 6.04. The van der Waals surface area contributed by atoms with Crippen LogP contribution in [0.4, 0.5) is 30.2 Å². The average molecular weight is 472 g/mol. The van der Waals surface area contributed by atoms with Gasteiger partial charge in [-0.2, -0.15) is 0 Å². The Hall–Kier alpha value is -4.39. The van der Waals surface area contributed by atoms with Crippen molar-refractivity contribution >= 4 is 28.9 Å². The summed E-state index contributed by atoms with van der Waals surface area (Å²) in [4.78, 5) is 27.0. The average Bonchev–Trinajstić information content (AvgIpc) is 3.18. The third kappa shape index (κ3) is 4.05. The molecule has 35 heavy (non-hydrogen) atoms. The fourth-order valence-electron chi connectivity index (χ4n) is 4.30. The molecule has 0 saturated heterocycles. The Morgan fingerprint density at radius 1 is 0.886 bits per heavy atom.